The van der Waals surface area contributed by atoms with Gasteiger partial charge in [-0.15, -0.1) is 0 Å². The van der Waals surface area contributed by atoms with Gasteiger partial charge in [0, 0.05) is 5.56 Å². The van der Waals surface area contributed by atoms with Crippen molar-refractivity contribution in [2.45, 2.75) is 6.92 Å². The number of oxime groups is 1. The molecule has 2 heteroatoms. The molecule has 0 aliphatic heterocycles. The molecule has 3 aromatic carbocycles. The summed E-state index contributed by atoms with van der Waals surface area (Å²) in [6, 6.07) is 21.1. The first-order chi connectivity index (χ1) is 10.3. The van der Waals surface area contributed by atoms with Gasteiger partial charge in [-0.3, -0.25) is 0 Å². The molecule has 0 aromatic heterocycles. The molecule has 3 aromatic rings. The van der Waals surface area contributed by atoms with E-state index in [4.69, 9.17) is 4.84 Å². The highest BCUT2D eigenvalue weighted by atomic mass is 16.6. The zero-order chi connectivity index (χ0) is 14.7. The lowest BCUT2D eigenvalue weighted by molar-refractivity contribution is 0.215. The van der Waals surface area contributed by atoms with Gasteiger partial charge in [-0.05, 0) is 34.4 Å². The summed E-state index contributed by atoms with van der Waals surface area (Å²) in [5, 5.41) is 6.40. The minimum absolute atomic E-state index is 1.06. The molecule has 0 radical (unpaired) electrons. The second kappa shape index (κ2) is 5.80. The van der Waals surface area contributed by atoms with Crippen LogP contribution in [0.25, 0.3) is 21.9 Å². The highest BCUT2D eigenvalue weighted by Gasteiger charge is 2.10. The van der Waals surface area contributed by atoms with Gasteiger partial charge in [0.1, 0.15) is 7.11 Å². The average Bonchev–Trinajstić information content (AvgIpc) is 2.53. The lowest BCUT2D eigenvalue weighted by atomic mass is 9.91. The molecule has 0 heterocycles. The van der Waals surface area contributed by atoms with E-state index < -0.39 is 0 Å². The first kappa shape index (κ1) is 13.4. The van der Waals surface area contributed by atoms with E-state index in [2.05, 4.69) is 72.7 Å². The van der Waals surface area contributed by atoms with Crippen molar-refractivity contribution in [2.75, 3.05) is 7.11 Å². The summed E-state index contributed by atoms with van der Waals surface area (Å²) < 4.78 is 0. The number of aryl methyl sites for hydroxylation is 1. The molecule has 0 N–H and O–H groups in total. The van der Waals surface area contributed by atoms with Crippen molar-refractivity contribution in [3.63, 3.8) is 0 Å². The summed E-state index contributed by atoms with van der Waals surface area (Å²) in [6.45, 7) is 2.13. The lowest BCUT2D eigenvalue weighted by Gasteiger charge is -2.13. The summed E-state index contributed by atoms with van der Waals surface area (Å²) in [5.41, 5.74) is 4.74. The second-order valence-corrected chi connectivity index (χ2v) is 4.98. The van der Waals surface area contributed by atoms with Crippen molar-refractivity contribution in [1.82, 2.24) is 0 Å². The van der Waals surface area contributed by atoms with Gasteiger partial charge in [-0.25, -0.2) is 0 Å². The van der Waals surface area contributed by atoms with Crippen LogP contribution in [0.1, 0.15) is 11.1 Å². The van der Waals surface area contributed by atoms with E-state index in [9.17, 15) is 0 Å². The van der Waals surface area contributed by atoms with E-state index in [1.54, 1.807) is 13.3 Å². The molecule has 0 bridgehead atoms. The van der Waals surface area contributed by atoms with Crippen molar-refractivity contribution in [3.8, 4) is 11.1 Å². The number of benzene rings is 3. The highest BCUT2D eigenvalue weighted by Crippen LogP contribution is 2.33. The number of nitrogens with zero attached hydrogens (tertiary/aromatic N) is 1. The zero-order valence-electron chi connectivity index (χ0n) is 12.2. The van der Waals surface area contributed by atoms with Crippen molar-refractivity contribution >= 4 is 17.0 Å². The molecule has 0 saturated heterocycles. The van der Waals surface area contributed by atoms with E-state index in [1.165, 1.54) is 27.5 Å². The van der Waals surface area contributed by atoms with E-state index >= 15 is 0 Å². The van der Waals surface area contributed by atoms with Crippen LogP contribution in [-0.2, 0) is 4.84 Å². The molecule has 0 saturated carbocycles. The van der Waals surface area contributed by atoms with Crippen LogP contribution in [0.3, 0.4) is 0 Å². The maximum atomic E-state index is 4.85. The smallest absolute Gasteiger partial charge is 0.106 e. The predicted octanol–water partition coefficient (Wildman–Crippen LogP) is 4.80. The highest BCUT2D eigenvalue weighted by molar-refractivity contribution is 6.05. The van der Waals surface area contributed by atoms with E-state index in [-0.39, 0.29) is 0 Å². The Labute approximate surface area is 124 Å². The molecule has 104 valence electrons. The fourth-order valence-electron chi connectivity index (χ4n) is 2.66. The van der Waals surface area contributed by atoms with Crippen LogP contribution in [0.5, 0.6) is 0 Å². The lowest BCUT2D eigenvalue weighted by Crippen LogP contribution is -1.93. The average molecular weight is 275 g/mol. The predicted molar refractivity (Wildman–Crippen MR) is 88.7 cm³/mol. The third-order valence-corrected chi connectivity index (χ3v) is 3.67. The Morgan fingerprint density at radius 3 is 2.48 bits per heavy atom. The maximum Gasteiger partial charge on any atom is 0.106 e. The van der Waals surface area contributed by atoms with Gasteiger partial charge in [0.05, 0.1) is 6.21 Å². The number of hydrogen-bond acceptors (Lipinski definition) is 2. The van der Waals surface area contributed by atoms with Crippen LogP contribution >= 0.6 is 0 Å². The van der Waals surface area contributed by atoms with Crippen LogP contribution in [0.15, 0.2) is 65.8 Å². The van der Waals surface area contributed by atoms with E-state index in [0.29, 0.717) is 0 Å². The molecule has 3 rings (SSSR count). The van der Waals surface area contributed by atoms with Gasteiger partial charge in [-0.2, -0.15) is 0 Å². The second-order valence-electron chi connectivity index (χ2n) is 4.98. The first-order valence-electron chi connectivity index (χ1n) is 6.95. The fourth-order valence-corrected chi connectivity index (χ4v) is 2.66. The summed E-state index contributed by atoms with van der Waals surface area (Å²) in [5.74, 6) is 0. The van der Waals surface area contributed by atoms with Crippen molar-refractivity contribution in [2.24, 2.45) is 5.16 Å². The van der Waals surface area contributed by atoms with Crippen molar-refractivity contribution < 1.29 is 4.84 Å². The topological polar surface area (TPSA) is 21.6 Å². The van der Waals surface area contributed by atoms with Gasteiger partial charge in [0.2, 0.25) is 0 Å². The number of fused-ring (bicyclic) bond motifs is 1. The molecule has 0 unspecified atom stereocenters. The van der Waals surface area contributed by atoms with Crippen LogP contribution in [-0.4, -0.2) is 13.3 Å². The molecule has 0 aliphatic carbocycles. The molecule has 0 amide bonds. The summed E-state index contributed by atoms with van der Waals surface area (Å²) in [6.07, 6.45) is 1.77. The summed E-state index contributed by atoms with van der Waals surface area (Å²) in [4.78, 5) is 4.85. The molecular formula is C19H17NO. The van der Waals surface area contributed by atoms with E-state index in [0.717, 1.165) is 5.56 Å². The normalized spacial score (nSPS) is 11.1. The number of hydrogen-bond donors (Lipinski definition) is 0. The van der Waals surface area contributed by atoms with Crippen LogP contribution in [0, 0.1) is 6.92 Å². The Hall–Kier alpha value is -2.61. The van der Waals surface area contributed by atoms with Crippen molar-refractivity contribution in [1.29, 1.82) is 0 Å². The Bertz CT molecular complexity index is 806. The molecule has 21 heavy (non-hydrogen) atoms. The Morgan fingerprint density at radius 1 is 0.905 bits per heavy atom. The van der Waals surface area contributed by atoms with Gasteiger partial charge in [0.15, 0.2) is 0 Å². The third-order valence-electron chi connectivity index (χ3n) is 3.67. The van der Waals surface area contributed by atoms with Crippen LogP contribution < -0.4 is 0 Å². The number of rotatable bonds is 3. The largest absolute Gasteiger partial charge is 0.399 e. The molecule has 0 aliphatic rings. The fraction of sp³-hybridized carbons (Fsp3) is 0.105. The molecule has 2 nitrogen and oxygen atoms in total. The van der Waals surface area contributed by atoms with Gasteiger partial charge in [0.25, 0.3) is 0 Å². The van der Waals surface area contributed by atoms with Gasteiger partial charge >= 0.3 is 0 Å². The van der Waals surface area contributed by atoms with E-state index in [1.807, 2.05) is 0 Å². The Balaban J connectivity index is 2.36. The molecular weight excluding hydrogens is 258 g/mol. The molecule has 0 fully saturated rings. The van der Waals surface area contributed by atoms with Gasteiger partial charge in [-0.1, -0.05) is 65.8 Å². The van der Waals surface area contributed by atoms with Gasteiger partial charge < -0.3 is 4.84 Å². The maximum absolute atomic E-state index is 4.85. The summed E-state index contributed by atoms with van der Waals surface area (Å²) >= 11 is 0. The monoisotopic (exact) mass is 275 g/mol. The Morgan fingerprint density at radius 2 is 1.67 bits per heavy atom. The quantitative estimate of drug-likeness (QED) is 0.497. The first-order valence-corrected chi connectivity index (χ1v) is 6.95. The summed E-state index contributed by atoms with van der Waals surface area (Å²) in [7, 11) is 1.56. The minimum atomic E-state index is 1.06. The SMILES string of the molecule is CO/N=C\c1ccc2ccccc2c1-c1ccccc1C. The third kappa shape index (κ3) is 2.52. The molecule has 0 spiro atoms. The Kier molecular flexibility index (Phi) is 3.69. The van der Waals surface area contributed by atoms with Crippen LogP contribution in [0.2, 0.25) is 0 Å². The minimum Gasteiger partial charge on any atom is -0.399 e. The van der Waals surface area contributed by atoms with Crippen LogP contribution in [0.4, 0.5) is 0 Å². The van der Waals surface area contributed by atoms with Crippen molar-refractivity contribution in [3.05, 3.63) is 71.8 Å². The molecule has 0 atom stereocenters. The standard InChI is InChI=1S/C19H17NO/c1-14-7-3-5-9-17(14)19-16(13-20-21-2)12-11-15-8-4-6-10-18(15)19/h3-13H,1-2H3/b20-13-. The zero-order valence-corrected chi connectivity index (χ0v) is 12.2.